The first kappa shape index (κ1) is 16.4. The standard InChI is InChI=1S/C14H21N3O5S/c1-10-7-12(15-22-10)13(18)17-5-4-14(9-17)8-11(3-6-21-14)16-23(2,19)20/h7,11,16H,3-6,8-9H2,1-2H3/t11-,14+/m0/s1. The van der Waals surface area contributed by atoms with E-state index >= 15 is 0 Å². The predicted molar refractivity (Wildman–Crippen MR) is 81.4 cm³/mol. The second kappa shape index (κ2) is 5.88. The molecule has 2 atom stereocenters. The van der Waals surface area contributed by atoms with Gasteiger partial charge in [-0.05, 0) is 26.2 Å². The lowest BCUT2D eigenvalue weighted by atomic mass is 9.90. The van der Waals surface area contributed by atoms with Gasteiger partial charge in [0.05, 0.1) is 18.4 Å². The van der Waals surface area contributed by atoms with Gasteiger partial charge in [0.1, 0.15) is 5.76 Å². The topological polar surface area (TPSA) is 102 Å². The van der Waals surface area contributed by atoms with Crippen LogP contribution in [0.15, 0.2) is 10.6 Å². The lowest BCUT2D eigenvalue weighted by Crippen LogP contribution is -2.50. The van der Waals surface area contributed by atoms with Crippen LogP contribution in [0.4, 0.5) is 0 Å². The number of hydrogen-bond donors (Lipinski definition) is 1. The van der Waals surface area contributed by atoms with Gasteiger partial charge in [-0.1, -0.05) is 5.16 Å². The summed E-state index contributed by atoms with van der Waals surface area (Å²) in [5.41, 5.74) is -0.184. The van der Waals surface area contributed by atoms with Gasteiger partial charge in [-0.2, -0.15) is 0 Å². The molecule has 0 radical (unpaired) electrons. The Morgan fingerprint density at radius 1 is 1.52 bits per heavy atom. The summed E-state index contributed by atoms with van der Waals surface area (Å²) in [7, 11) is -3.25. The zero-order valence-electron chi connectivity index (χ0n) is 13.2. The van der Waals surface area contributed by atoms with Crippen LogP contribution in [0.2, 0.25) is 0 Å². The van der Waals surface area contributed by atoms with Crippen molar-refractivity contribution in [1.29, 1.82) is 0 Å². The molecule has 3 heterocycles. The van der Waals surface area contributed by atoms with Crippen molar-refractivity contribution in [1.82, 2.24) is 14.8 Å². The van der Waals surface area contributed by atoms with Gasteiger partial charge in [0, 0.05) is 25.3 Å². The Labute approximate surface area is 135 Å². The number of aromatic nitrogens is 1. The van der Waals surface area contributed by atoms with E-state index in [2.05, 4.69) is 9.88 Å². The van der Waals surface area contributed by atoms with E-state index in [4.69, 9.17) is 9.26 Å². The van der Waals surface area contributed by atoms with Crippen LogP contribution in [0.25, 0.3) is 0 Å². The van der Waals surface area contributed by atoms with Crippen molar-refractivity contribution < 1.29 is 22.5 Å². The molecule has 0 aliphatic carbocycles. The van der Waals surface area contributed by atoms with Crippen LogP contribution < -0.4 is 4.72 Å². The molecule has 1 N–H and O–H groups in total. The van der Waals surface area contributed by atoms with Crippen molar-refractivity contribution in [3.05, 3.63) is 17.5 Å². The Hall–Kier alpha value is -1.45. The van der Waals surface area contributed by atoms with Gasteiger partial charge in [-0.3, -0.25) is 4.79 Å². The zero-order chi connectivity index (χ0) is 16.7. The zero-order valence-corrected chi connectivity index (χ0v) is 14.1. The molecular weight excluding hydrogens is 322 g/mol. The fourth-order valence-corrected chi connectivity index (χ4v) is 4.17. The van der Waals surface area contributed by atoms with Crippen molar-refractivity contribution in [2.45, 2.75) is 37.8 Å². The molecule has 23 heavy (non-hydrogen) atoms. The molecule has 3 rings (SSSR count). The smallest absolute Gasteiger partial charge is 0.276 e. The number of rotatable bonds is 3. The number of amides is 1. The normalized spacial score (nSPS) is 28.4. The third-order valence-corrected chi connectivity index (χ3v) is 5.09. The minimum Gasteiger partial charge on any atom is -0.373 e. The quantitative estimate of drug-likeness (QED) is 0.847. The number of likely N-dealkylation sites (tertiary alicyclic amines) is 1. The maximum Gasteiger partial charge on any atom is 0.276 e. The molecule has 128 valence electrons. The molecule has 0 aromatic carbocycles. The van der Waals surface area contributed by atoms with Crippen LogP contribution in [0, 0.1) is 6.92 Å². The third kappa shape index (κ3) is 3.73. The first-order valence-electron chi connectivity index (χ1n) is 7.60. The molecule has 0 saturated carbocycles. The number of sulfonamides is 1. The monoisotopic (exact) mass is 343 g/mol. The number of nitrogens with zero attached hydrogens (tertiary/aromatic N) is 2. The average Bonchev–Trinajstić information content (AvgIpc) is 3.04. The SMILES string of the molecule is Cc1cc(C(=O)N2CC[C@@]3(C[C@@H](NS(C)(=O)=O)CCO3)C2)no1. The number of nitrogens with one attached hydrogen (secondary N) is 1. The Balaban J connectivity index is 1.67. The number of carbonyl (C=O) groups is 1. The third-order valence-electron chi connectivity index (χ3n) is 4.32. The molecule has 1 spiro atoms. The van der Waals surface area contributed by atoms with Crippen LogP contribution in [-0.4, -0.2) is 62.0 Å². The summed E-state index contributed by atoms with van der Waals surface area (Å²) in [4.78, 5) is 14.1. The minimum absolute atomic E-state index is 0.150. The molecule has 2 saturated heterocycles. The molecule has 9 heteroatoms. The van der Waals surface area contributed by atoms with Crippen LogP contribution >= 0.6 is 0 Å². The van der Waals surface area contributed by atoms with Crippen LogP contribution in [0.3, 0.4) is 0 Å². The lowest BCUT2D eigenvalue weighted by Gasteiger charge is -2.38. The van der Waals surface area contributed by atoms with Crippen LogP contribution in [-0.2, 0) is 14.8 Å². The van der Waals surface area contributed by atoms with Gasteiger partial charge in [-0.15, -0.1) is 0 Å². The summed E-state index contributed by atoms with van der Waals surface area (Å²) >= 11 is 0. The van der Waals surface area contributed by atoms with Crippen molar-refractivity contribution in [3.8, 4) is 0 Å². The molecule has 1 aromatic heterocycles. The number of aryl methyl sites for hydroxylation is 1. The number of ether oxygens (including phenoxy) is 1. The van der Waals surface area contributed by atoms with Crippen molar-refractivity contribution in [2.24, 2.45) is 0 Å². The van der Waals surface area contributed by atoms with E-state index in [0.29, 0.717) is 50.4 Å². The predicted octanol–water partition coefficient (Wildman–Crippen LogP) is 0.296. The van der Waals surface area contributed by atoms with Crippen LogP contribution in [0.5, 0.6) is 0 Å². The summed E-state index contributed by atoms with van der Waals surface area (Å²) in [6.07, 6.45) is 3.07. The van der Waals surface area contributed by atoms with Crippen molar-refractivity contribution >= 4 is 15.9 Å². The van der Waals surface area contributed by atoms with Gasteiger partial charge in [0.15, 0.2) is 5.69 Å². The van der Waals surface area contributed by atoms with Gasteiger partial charge in [0.25, 0.3) is 5.91 Å². The molecular formula is C14H21N3O5S. The fourth-order valence-electron chi connectivity index (χ4n) is 3.36. The molecule has 1 aromatic rings. The van der Waals surface area contributed by atoms with E-state index in [0.717, 1.165) is 6.26 Å². The van der Waals surface area contributed by atoms with Gasteiger partial charge < -0.3 is 14.2 Å². The minimum atomic E-state index is -3.25. The second-order valence-corrected chi connectivity index (χ2v) is 8.19. The summed E-state index contributed by atoms with van der Waals surface area (Å²) in [5, 5.41) is 3.76. The Morgan fingerprint density at radius 2 is 2.30 bits per heavy atom. The van der Waals surface area contributed by atoms with Gasteiger partial charge >= 0.3 is 0 Å². The van der Waals surface area contributed by atoms with E-state index < -0.39 is 15.6 Å². The molecule has 2 fully saturated rings. The summed E-state index contributed by atoms with van der Waals surface area (Å²) in [6, 6.07) is 1.46. The van der Waals surface area contributed by atoms with Gasteiger partial charge in [-0.25, -0.2) is 13.1 Å². The van der Waals surface area contributed by atoms with E-state index in [1.165, 1.54) is 0 Å². The van der Waals surface area contributed by atoms with E-state index in [1.807, 2.05) is 0 Å². The molecule has 8 nitrogen and oxygen atoms in total. The highest BCUT2D eigenvalue weighted by atomic mass is 32.2. The molecule has 0 unspecified atom stereocenters. The van der Waals surface area contributed by atoms with Crippen molar-refractivity contribution in [3.63, 3.8) is 0 Å². The highest BCUT2D eigenvalue weighted by Gasteiger charge is 2.45. The second-order valence-electron chi connectivity index (χ2n) is 6.41. The van der Waals surface area contributed by atoms with Crippen LogP contribution in [0.1, 0.15) is 35.5 Å². The molecule has 0 bridgehead atoms. The van der Waals surface area contributed by atoms with E-state index in [1.54, 1.807) is 17.9 Å². The fraction of sp³-hybridized carbons (Fsp3) is 0.714. The van der Waals surface area contributed by atoms with Gasteiger partial charge in [0.2, 0.25) is 10.0 Å². The summed E-state index contributed by atoms with van der Waals surface area (Å²) in [5.74, 6) is 0.411. The van der Waals surface area contributed by atoms with E-state index in [9.17, 15) is 13.2 Å². The number of carbonyl (C=O) groups excluding carboxylic acids is 1. The maximum absolute atomic E-state index is 12.4. The Bertz CT molecular complexity index is 701. The number of hydrogen-bond acceptors (Lipinski definition) is 6. The van der Waals surface area contributed by atoms with E-state index in [-0.39, 0.29) is 11.9 Å². The summed E-state index contributed by atoms with van der Waals surface area (Å²) < 4.78 is 36.4. The summed E-state index contributed by atoms with van der Waals surface area (Å²) in [6.45, 7) is 3.23. The Kier molecular flexibility index (Phi) is 4.19. The largest absolute Gasteiger partial charge is 0.373 e. The highest BCUT2D eigenvalue weighted by Crippen LogP contribution is 2.35. The maximum atomic E-state index is 12.4. The molecule has 1 amide bonds. The van der Waals surface area contributed by atoms with Crippen molar-refractivity contribution in [2.75, 3.05) is 26.0 Å². The first-order valence-corrected chi connectivity index (χ1v) is 9.49. The highest BCUT2D eigenvalue weighted by molar-refractivity contribution is 7.88. The first-order chi connectivity index (χ1) is 10.8. The Morgan fingerprint density at radius 3 is 2.96 bits per heavy atom. The average molecular weight is 343 g/mol. The molecule has 2 aliphatic rings. The molecule has 2 aliphatic heterocycles. The lowest BCUT2D eigenvalue weighted by molar-refractivity contribution is -0.0763.